The molecule has 30 heavy (non-hydrogen) atoms. The van der Waals surface area contributed by atoms with Crippen LogP contribution in [0.3, 0.4) is 0 Å². The van der Waals surface area contributed by atoms with E-state index >= 15 is 0 Å². The molecule has 0 spiro atoms. The second-order valence-electron chi connectivity index (χ2n) is 7.15. The Bertz CT molecular complexity index is 969. The molecule has 0 saturated carbocycles. The number of benzene rings is 2. The average molecular weight is 435 g/mol. The summed E-state index contributed by atoms with van der Waals surface area (Å²) in [5.74, 6) is 0.994. The molecule has 2 aromatic rings. The van der Waals surface area contributed by atoms with Crippen LogP contribution < -0.4 is 19.1 Å². The third kappa shape index (κ3) is 6.13. The Labute approximate surface area is 179 Å². The Morgan fingerprint density at radius 3 is 2.23 bits per heavy atom. The number of ether oxygens (including phenoxy) is 2. The molecular weight excluding hydrogens is 404 g/mol. The molecule has 1 amide bonds. The summed E-state index contributed by atoms with van der Waals surface area (Å²) in [4.78, 5) is 12.4. The average Bonchev–Trinajstić information content (AvgIpc) is 2.69. The monoisotopic (exact) mass is 434 g/mol. The summed E-state index contributed by atoms with van der Waals surface area (Å²) in [6, 6.07) is 11.2. The first-order valence-corrected chi connectivity index (χ1v) is 11.5. The van der Waals surface area contributed by atoms with Crippen LogP contribution in [0.4, 0.5) is 5.69 Å². The summed E-state index contributed by atoms with van der Waals surface area (Å²) < 4.78 is 36.3. The van der Waals surface area contributed by atoms with Crippen molar-refractivity contribution in [1.82, 2.24) is 5.32 Å². The van der Waals surface area contributed by atoms with E-state index in [-0.39, 0.29) is 12.5 Å². The van der Waals surface area contributed by atoms with Gasteiger partial charge in [-0.3, -0.25) is 9.10 Å². The number of amides is 1. The zero-order valence-electron chi connectivity index (χ0n) is 18.2. The van der Waals surface area contributed by atoms with Crippen LogP contribution in [0.15, 0.2) is 36.4 Å². The van der Waals surface area contributed by atoms with E-state index in [2.05, 4.69) is 5.32 Å². The Morgan fingerprint density at radius 1 is 1.03 bits per heavy atom. The van der Waals surface area contributed by atoms with Crippen molar-refractivity contribution in [3.63, 3.8) is 0 Å². The van der Waals surface area contributed by atoms with Crippen LogP contribution in [0.2, 0.25) is 0 Å². The molecule has 0 heterocycles. The molecule has 7 nitrogen and oxygen atoms in total. The number of anilines is 1. The second kappa shape index (κ2) is 10.3. The molecule has 0 radical (unpaired) electrons. The number of hydrogen-bond acceptors (Lipinski definition) is 5. The second-order valence-corrected chi connectivity index (χ2v) is 9.06. The largest absolute Gasteiger partial charge is 0.493 e. The maximum absolute atomic E-state index is 12.4. The molecule has 164 valence electrons. The Morgan fingerprint density at radius 2 is 1.67 bits per heavy atom. The molecular formula is C22H30N2O5S. The SMILES string of the molecule is COc1ccc(CCCNC(=O)CN(c2c(C)cccc2C)S(C)(=O)=O)cc1OC. The fraction of sp³-hybridized carbons (Fsp3) is 0.409. The number of carbonyl (C=O) groups is 1. The van der Waals surface area contributed by atoms with Gasteiger partial charge in [-0.25, -0.2) is 8.42 Å². The van der Waals surface area contributed by atoms with E-state index in [4.69, 9.17) is 9.47 Å². The minimum atomic E-state index is -3.60. The Kier molecular flexibility index (Phi) is 8.11. The molecule has 0 fully saturated rings. The van der Waals surface area contributed by atoms with Crippen LogP contribution in [0.5, 0.6) is 11.5 Å². The van der Waals surface area contributed by atoms with Crippen molar-refractivity contribution in [3.05, 3.63) is 53.1 Å². The molecule has 0 bridgehead atoms. The summed E-state index contributed by atoms with van der Waals surface area (Å²) in [7, 11) is -0.422. The van der Waals surface area contributed by atoms with Gasteiger partial charge in [-0.05, 0) is 55.5 Å². The number of methoxy groups -OCH3 is 2. The lowest BCUT2D eigenvalue weighted by Gasteiger charge is -2.25. The van der Waals surface area contributed by atoms with Gasteiger partial charge in [0.25, 0.3) is 0 Å². The van der Waals surface area contributed by atoms with Crippen LogP contribution in [0.1, 0.15) is 23.1 Å². The molecule has 2 aromatic carbocycles. The lowest BCUT2D eigenvalue weighted by Crippen LogP contribution is -2.41. The number of para-hydroxylation sites is 1. The Hall–Kier alpha value is -2.74. The molecule has 0 aromatic heterocycles. The first-order valence-electron chi connectivity index (χ1n) is 9.69. The number of nitrogens with one attached hydrogen (secondary N) is 1. The zero-order chi connectivity index (χ0) is 22.3. The molecule has 0 unspecified atom stereocenters. The molecule has 0 aliphatic carbocycles. The highest BCUT2D eigenvalue weighted by molar-refractivity contribution is 7.92. The van der Waals surface area contributed by atoms with Crippen molar-refractivity contribution in [2.75, 3.05) is 37.9 Å². The number of sulfonamides is 1. The quantitative estimate of drug-likeness (QED) is 0.581. The van der Waals surface area contributed by atoms with E-state index in [1.54, 1.807) is 14.2 Å². The summed E-state index contributed by atoms with van der Waals surface area (Å²) in [6.07, 6.45) is 2.57. The van der Waals surface area contributed by atoms with Gasteiger partial charge in [-0.15, -0.1) is 0 Å². The van der Waals surface area contributed by atoms with Gasteiger partial charge in [0.15, 0.2) is 11.5 Å². The van der Waals surface area contributed by atoms with Crippen LogP contribution >= 0.6 is 0 Å². The molecule has 0 aliphatic rings. The van der Waals surface area contributed by atoms with Gasteiger partial charge >= 0.3 is 0 Å². The van der Waals surface area contributed by atoms with Crippen LogP contribution in [0.25, 0.3) is 0 Å². The third-order valence-electron chi connectivity index (χ3n) is 4.79. The van der Waals surface area contributed by atoms with Crippen molar-refractivity contribution >= 4 is 21.6 Å². The van der Waals surface area contributed by atoms with E-state index < -0.39 is 10.0 Å². The van der Waals surface area contributed by atoms with Crippen molar-refractivity contribution in [1.29, 1.82) is 0 Å². The Balaban J connectivity index is 1.96. The lowest BCUT2D eigenvalue weighted by molar-refractivity contribution is -0.119. The lowest BCUT2D eigenvalue weighted by atomic mass is 10.1. The van der Waals surface area contributed by atoms with Crippen molar-refractivity contribution in [3.8, 4) is 11.5 Å². The highest BCUT2D eigenvalue weighted by Gasteiger charge is 2.23. The fourth-order valence-corrected chi connectivity index (χ4v) is 4.28. The van der Waals surface area contributed by atoms with Gasteiger partial charge in [0.05, 0.1) is 26.2 Å². The van der Waals surface area contributed by atoms with Crippen LogP contribution in [-0.4, -0.2) is 47.9 Å². The van der Waals surface area contributed by atoms with E-state index in [1.807, 2.05) is 50.2 Å². The smallest absolute Gasteiger partial charge is 0.240 e. The molecule has 0 saturated heterocycles. The van der Waals surface area contributed by atoms with Gasteiger partial charge in [0, 0.05) is 6.54 Å². The minimum Gasteiger partial charge on any atom is -0.493 e. The number of carbonyl (C=O) groups excluding carboxylic acids is 1. The topological polar surface area (TPSA) is 84.9 Å². The van der Waals surface area contributed by atoms with Gasteiger partial charge in [0.1, 0.15) is 6.54 Å². The molecule has 0 aliphatic heterocycles. The van der Waals surface area contributed by atoms with Crippen molar-refractivity contribution in [2.45, 2.75) is 26.7 Å². The molecule has 2 rings (SSSR count). The third-order valence-corrected chi connectivity index (χ3v) is 5.90. The van der Waals surface area contributed by atoms with E-state index in [0.29, 0.717) is 30.2 Å². The van der Waals surface area contributed by atoms with E-state index in [9.17, 15) is 13.2 Å². The number of hydrogen-bond donors (Lipinski definition) is 1. The van der Waals surface area contributed by atoms with Gasteiger partial charge in [0.2, 0.25) is 15.9 Å². The van der Waals surface area contributed by atoms with Crippen LogP contribution in [-0.2, 0) is 21.2 Å². The normalized spacial score (nSPS) is 11.1. The highest BCUT2D eigenvalue weighted by Crippen LogP contribution is 2.28. The predicted molar refractivity (Wildman–Crippen MR) is 119 cm³/mol. The molecule has 8 heteroatoms. The maximum Gasteiger partial charge on any atom is 0.240 e. The zero-order valence-corrected chi connectivity index (χ0v) is 19.0. The minimum absolute atomic E-state index is 0.249. The van der Waals surface area contributed by atoms with Crippen molar-refractivity contribution < 1.29 is 22.7 Å². The van der Waals surface area contributed by atoms with Gasteiger partial charge < -0.3 is 14.8 Å². The number of rotatable bonds is 10. The fourth-order valence-electron chi connectivity index (χ4n) is 3.30. The van der Waals surface area contributed by atoms with E-state index in [0.717, 1.165) is 29.4 Å². The number of aryl methyl sites for hydroxylation is 3. The highest BCUT2D eigenvalue weighted by atomic mass is 32.2. The summed E-state index contributed by atoms with van der Waals surface area (Å²) in [5, 5.41) is 2.81. The molecule has 0 atom stereocenters. The van der Waals surface area contributed by atoms with Crippen molar-refractivity contribution in [2.24, 2.45) is 0 Å². The standard InChI is InChI=1S/C22H30N2O5S/c1-16-8-6-9-17(2)22(16)24(30(5,26)27)15-21(25)23-13-7-10-18-11-12-19(28-3)20(14-18)29-4/h6,8-9,11-12,14H,7,10,13,15H2,1-5H3,(H,23,25). The maximum atomic E-state index is 12.4. The first-order chi connectivity index (χ1) is 14.2. The predicted octanol–water partition coefficient (Wildman–Crippen LogP) is 2.84. The van der Waals surface area contributed by atoms with Gasteiger partial charge in [-0.2, -0.15) is 0 Å². The van der Waals surface area contributed by atoms with E-state index in [1.165, 1.54) is 4.31 Å². The van der Waals surface area contributed by atoms with Crippen LogP contribution in [0, 0.1) is 13.8 Å². The summed E-state index contributed by atoms with van der Waals surface area (Å²) in [6.45, 7) is 3.86. The number of nitrogens with zero attached hydrogens (tertiary/aromatic N) is 1. The molecule has 1 N–H and O–H groups in total. The first kappa shape index (κ1) is 23.5. The van der Waals surface area contributed by atoms with Gasteiger partial charge in [-0.1, -0.05) is 24.3 Å². The summed E-state index contributed by atoms with van der Waals surface area (Å²) in [5.41, 5.74) is 3.24. The summed E-state index contributed by atoms with van der Waals surface area (Å²) >= 11 is 0.